The number of methoxy groups -OCH3 is 3. The number of hydrogen-bond acceptors (Lipinski definition) is 7. The number of benzene rings is 3. The lowest BCUT2D eigenvalue weighted by atomic mass is 10.0. The normalized spacial score (nSPS) is 14.6. The SMILES string of the molecule is COc1cc(/C=C2/C(=O)NC(=S)N2/C=C(\C#N)C(=O)c2ccc3ccccc3c2)cc(OC)c1OC. The first-order valence-electron chi connectivity index (χ1n) is 10.7. The molecule has 0 atom stereocenters. The van der Waals surface area contributed by atoms with Gasteiger partial charge in [0, 0.05) is 11.8 Å². The Morgan fingerprint density at radius 3 is 2.28 bits per heavy atom. The Morgan fingerprint density at radius 2 is 1.67 bits per heavy atom. The molecule has 0 unspecified atom stereocenters. The maximum atomic E-state index is 13.2. The van der Waals surface area contributed by atoms with Gasteiger partial charge in [0.1, 0.15) is 17.3 Å². The van der Waals surface area contributed by atoms with Crippen LogP contribution in [0.25, 0.3) is 16.8 Å². The molecule has 9 heteroatoms. The summed E-state index contributed by atoms with van der Waals surface area (Å²) in [6, 6.07) is 18.1. The van der Waals surface area contributed by atoms with Crippen molar-refractivity contribution in [1.29, 1.82) is 5.26 Å². The summed E-state index contributed by atoms with van der Waals surface area (Å²) >= 11 is 5.30. The first kappa shape index (κ1) is 24.4. The molecule has 0 aromatic heterocycles. The van der Waals surface area contributed by atoms with Gasteiger partial charge < -0.3 is 14.2 Å². The molecule has 0 saturated carbocycles. The minimum Gasteiger partial charge on any atom is -0.493 e. The quantitative estimate of drug-likeness (QED) is 0.223. The van der Waals surface area contributed by atoms with Gasteiger partial charge in [-0.15, -0.1) is 0 Å². The van der Waals surface area contributed by atoms with E-state index in [1.807, 2.05) is 36.4 Å². The molecule has 1 fully saturated rings. The van der Waals surface area contributed by atoms with Crippen LogP contribution in [0.3, 0.4) is 0 Å². The van der Waals surface area contributed by atoms with Crippen LogP contribution in [-0.4, -0.2) is 43.0 Å². The van der Waals surface area contributed by atoms with E-state index >= 15 is 0 Å². The van der Waals surface area contributed by atoms with E-state index in [0.717, 1.165) is 10.8 Å². The third-order valence-electron chi connectivity index (χ3n) is 5.56. The minimum absolute atomic E-state index is 0.0396. The number of carbonyl (C=O) groups excluding carboxylic acids is 2. The van der Waals surface area contributed by atoms with Crippen molar-refractivity contribution < 1.29 is 23.8 Å². The molecular formula is C27H21N3O5S. The van der Waals surface area contributed by atoms with E-state index in [4.69, 9.17) is 26.4 Å². The van der Waals surface area contributed by atoms with E-state index in [1.54, 1.807) is 30.3 Å². The summed E-state index contributed by atoms with van der Waals surface area (Å²) in [7, 11) is 4.46. The van der Waals surface area contributed by atoms with Crippen LogP contribution in [0, 0.1) is 11.3 Å². The number of fused-ring (bicyclic) bond motifs is 1. The zero-order chi connectivity index (χ0) is 25.8. The fraction of sp³-hybridized carbons (Fsp3) is 0.111. The van der Waals surface area contributed by atoms with Gasteiger partial charge in [-0.1, -0.05) is 36.4 Å². The predicted molar refractivity (Wildman–Crippen MR) is 139 cm³/mol. The van der Waals surface area contributed by atoms with Gasteiger partial charge in [0.25, 0.3) is 5.91 Å². The van der Waals surface area contributed by atoms with E-state index in [0.29, 0.717) is 28.4 Å². The second-order valence-electron chi connectivity index (χ2n) is 7.66. The smallest absolute Gasteiger partial charge is 0.274 e. The van der Waals surface area contributed by atoms with Crippen LogP contribution in [0.5, 0.6) is 17.2 Å². The Balaban J connectivity index is 1.74. The molecule has 36 heavy (non-hydrogen) atoms. The third-order valence-corrected chi connectivity index (χ3v) is 5.86. The van der Waals surface area contributed by atoms with Gasteiger partial charge in [-0.3, -0.25) is 19.8 Å². The lowest BCUT2D eigenvalue weighted by Gasteiger charge is -2.15. The Labute approximate surface area is 213 Å². The number of allylic oxidation sites excluding steroid dienone is 1. The number of Topliss-reactive ketones (excluding diaryl/α,β-unsaturated/α-hetero) is 1. The average Bonchev–Trinajstić information content (AvgIpc) is 3.16. The Morgan fingerprint density at radius 1 is 1.00 bits per heavy atom. The summed E-state index contributed by atoms with van der Waals surface area (Å²) in [6.45, 7) is 0. The number of amides is 1. The van der Waals surface area contributed by atoms with Gasteiger partial charge in [-0.05, 0) is 52.8 Å². The summed E-state index contributed by atoms with van der Waals surface area (Å²) in [5, 5.41) is 14.2. The molecule has 0 spiro atoms. The molecule has 1 heterocycles. The van der Waals surface area contributed by atoms with Crippen molar-refractivity contribution in [2.45, 2.75) is 0 Å². The summed E-state index contributed by atoms with van der Waals surface area (Å²) < 4.78 is 16.1. The largest absolute Gasteiger partial charge is 0.493 e. The maximum absolute atomic E-state index is 13.2. The number of nitrogens with one attached hydrogen (secondary N) is 1. The van der Waals surface area contributed by atoms with Gasteiger partial charge in [-0.25, -0.2) is 0 Å². The van der Waals surface area contributed by atoms with Gasteiger partial charge in [0.2, 0.25) is 11.5 Å². The highest BCUT2D eigenvalue weighted by molar-refractivity contribution is 7.80. The standard InChI is InChI=1S/C27H21N3O5S/c1-33-22-11-16(12-23(34-2)25(22)35-3)10-21-26(32)29-27(36)30(21)15-20(14-28)24(31)19-9-8-17-6-4-5-7-18(17)13-19/h4-13,15H,1-3H3,(H,29,32,36)/b20-15+,21-10-. The summed E-state index contributed by atoms with van der Waals surface area (Å²) in [5.74, 6) is 0.225. The van der Waals surface area contributed by atoms with Gasteiger partial charge in [-0.2, -0.15) is 5.26 Å². The van der Waals surface area contributed by atoms with Crippen LogP contribution < -0.4 is 19.5 Å². The first-order valence-corrected chi connectivity index (χ1v) is 11.1. The fourth-order valence-electron chi connectivity index (χ4n) is 3.80. The van der Waals surface area contributed by atoms with Crippen LogP contribution in [0.1, 0.15) is 15.9 Å². The molecule has 0 aliphatic carbocycles. The molecule has 0 bridgehead atoms. The van der Waals surface area contributed by atoms with Gasteiger partial charge >= 0.3 is 0 Å². The number of hydrogen-bond donors (Lipinski definition) is 1. The predicted octanol–water partition coefficient (Wildman–Crippen LogP) is 4.21. The van der Waals surface area contributed by atoms with Crippen molar-refractivity contribution in [3.8, 4) is 23.3 Å². The monoisotopic (exact) mass is 499 g/mol. The van der Waals surface area contributed by atoms with E-state index in [1.165, 1.54) is 32.4 Å². The lowest BCUT2D eigenvalue weighted by Crippen LogP contribution is -2.24. The molecule has 180 valence electrons. The maximum Gasteiger partial charge on any atom is 0.274 e. The first-order chi connectivity index (χ1) is 17.4. The molecule has 1 amide bonds. The van der Waals surface area contributed by atoms with Crippen LogP contribution in [-0.2, 0) is 4.79 Å². The van der Waals surface area contributed by atoms with Gasteiger partial charge in [0.15, 0.2) is 16.6 Å². The number of thiocarbonyl (C=S) groups is 1. The minimum atomic E-state index is -0.488. The molecule has 4 rings (SSSR count). The zero-order valence-corrected chi connectivity index (χ0v) is 20.5. The third kappa shape index (κ3) is 4.62. The molecule has 1 aliphatic heterocycles. The van der Waals surface area contributed by atoms with Crippen molar-refractivity contribution in [3.63, 3.8) is 0 Å². The van der Waals surface area contributed by atoms with Crippen molar-refractivity contribution in [3.05, 3.63) is 83.2 Å². The zero-order valence-electron chi connectivity index (χ0n) is 19.7. The summed E-state index contributed by atoms with van der Waals surface area (Å²) in [6.07, 6.45) is 2.81. The second kappa shape index (κ2) is 10.3. The van der Waals surface area contributed by atoms with E-state index in [2.05, 4.69) is 5.32 Å². The molecule has 8 nitrogen and oxygen atoms in total. The van der Waals surface area contributed by atoms with Crippen LogP contribution in [0.4, 0.5) is 0 Å². The van der Waals surface area contributed by atoms with E-state index in [-0.39, 0.29) is 16.4 Å². The number of nitrogens with zero attached hydrogens (tertiary/aromatic N) is 2. The van der Waals surface area contributed by atoms with Crippen molar-refractivity contribution >= 4 is 45.9 Å². The highest BCUT2D eigenvalue weighted by atomic mass is 32.1. The number of carbonyl (C=O) groups is 2. The Bertz CT molecular complexity index is 1480. The van der Waals surface area contributed by atoms with Crippen LogP contribution >= 0.6 is 12.2 Å². The number of ketones is 1. The van der Waals surface area contributed by atoms with Crippen LogP contribution in [0.2, 0.25) is 0 Å². The topological polar surface area (TPSA) is 101 Å². The molecule has 3 aromatic carbocycles. The van der Waals surface area contributed by atoms with Crippen molar-refractivity contribution in [2.24, 2.45) is 0 Å². The molecule has 1 saturated heterocycles. The fourth-order valence-corrected chi connectivity index (χ4v) is 4.04. The average molecular weight is 500 g/mol. The summed E-state index contributed by atoms with van der Waals surface area (Å²) in [4.78, 5) is 27.2. The molecule has 1 aliphatic rings. The van der Waals surface area contributed by atoms with Crippen LogP contribution in [0.15, 0.2) is 72.1 Å². The molecule has 1 N–H and O–H groups in total. The van der Waals surface area contributed by atoms with Crippen molar-refractivity contribution in [2.75, 3.05) is 21.3 Å². The molecule has 0 radical (unpaired) electrons. The van der Waals surface area contributed by atoms with Gasteiger partial charge in [0.05, 0.1) is 21.3 Å². The van der Waals surface area contributed by atoms with E-state index in [9.17, 15) is 14.9 Å². The lowest BCUT2D eigenvalue weighted by molar-refractivity contribution is -0.115. The molecule has 3 aromatic rings. The number of nitriles is 1. The van der Waals surface area contributed by atoms with E-state index < -0.39 is 11.7 Å². The highest BCUT2D eigenvalue weighted by Crippen LogP contribution is 2.39. The van der Waals surface area contributed by atoms with Crippen molar-refractivity contribution in [1.82, 2.24) is 10.2 Å². The number of rotatable bonds is 7. The summed E-state index contributed by atoms with van der Waals surface area (Å²) in [5.41, 5.74) is 0.839. The Kier molecular flexibility index (Phi) is 6.99. The second-order valence-corrected chi connectivity index (χ2v) is 8.05. The Hall–Kier alpha value is -4.68. The molecular weight excluding hydrogens is 478 g/mol. The number of ether oxygens (including phenoxy) is 3. The highest BCUT2D eigenvalue weighted by Gasteiger charge is 2.30.